The van der Waals surface area contributed by atoms with E-state index in [9.17, 15) is 77.9 Å². The molecule has 2 bridgehead atoms. The van der Waals surface area contributed by atoms with E-state index in [0.717, 1.165) is 17.0 Å². The Morgan fingerprint density at radius 2 is 1.60 bits per heavy atom. The summed E-state index contributed by atoms with van der Waals surface area (Å²) in [6, 6.07) is -4.54. The highest BCUT2D eigenvalue weighted by Gasteiger charge is 2.45. The standard InChI is InChI=1S/C41H55N9O16S/c1-4-17(2)35-39(62)44-12-33(58)45-25-16-67(66)40-23(22-10-26(50(64)65)29(54)11-24(22)46-40)5-19(37(60)43-13-34(59)47-35)6-30(55)36(18(3)31(56)15-51)48-38(61)27-9-21(52)14-49(27)41(63)20(7-28(25)53)8-32(42)57/h10-11,17-21,25,27,31,35-36,46,51-52,54,56H,4-9,12-16H2,1-3H3,(H2,42,57)(H,43,60)(H,44,62)(H,45,58)(H,47,59)(H,48,61)/t17-,18?,19+,20-,21+,25-,27-,31-,35+,36-,67?/m0/s1. The van der Waals surface area contributed by atoms with Crippen molar-refractivity contribution in [2.24, 2.45) is 29.4 Å². The number of benzene rings is 1. The molecule has 3 aliphatic heterocycles. The number of nitro groups is 1. The molecular formula is C41H55N9O16S. The lowest BCUT2D eigenvalue weighted by Gasteiger charge is -2.32. The topological polar surface area (TPSA) is 400 Å². The number of carbonyl (C=O) groups excluding carboxylic acids is 9. The Morgan fingerprint density at radius 1 is 0.940 bits per heavy atom. The molecule has 1 saturated heterocycles. The predicted molar refractivity (Wildman–Crippen MR) is 231 cm³/mol. The quantitative estimate of drug-likeness (QED) is 0.0892. The second kappa shape index (κ2) is 21.9. The van der Waals surface area contributed by atoms with Gasteiger partial charge in [-0.25, -0.2) is 0 Å². The summed E-state index contributed by atoms with van der Waals surface area (Å²) in [6.45, 7) is 1.63. The monoisotopic (exact) mass is 961 g/mol. The van der Waals surface area contributed by atoms with Crippen molar-refractivity contribution in [1.82, 2.24) is 36.5 Å². The first-order chi connectivity index (χ1) is 31.5. The van der Waals surface area contributed by atoms with E-state index < -0.39 is 204 Å². The van der Waals surface area contributed by atoms with Gasteiger partial charge in [-0.05, 0) is 17.9 Å². The third-order valence-electron chi connectivity index (χ3n) is 12.4. The molecule has 2 unspecified atom stereocenters. The normalized spacial score (nSPS) is 27.9. The van der Waals surface area contributed by atoms with E-state index in [4.69, 9.17) is 5.73 Å². The van der Waals surface area contributed by atoms with Gasteiger partial charge >= 0.3 is 5.69 Å². The third kappa shape index (κ3) is 12.2. The van der Waals surface area contributed by atoms with E-state index in [2.05, 4.69) is 31.6 Å². The highest BCUT2D eigenvalue weighted by Crippen LogP contribution is 2.37. The fourth-order valence-corrected chi connectivity index (χ4v) is 9.87. The van der Waals surface area contributed by atoms with Crippen molar-refractivity contribution in [1.29, 1.82) is 0 Å². The van der Waals surface area contributed by atoms with E-state index in [1.165, 1.54) is 6.92 Å². The molecule has 366 valence electrons. The number of nitrogens with two attached hydrogens (primary N) is 1. The van der Waals surface area contributed by atoms with Crippen molar-refractivity contribution in [2.75, 3.05) is 32.0 Å². The number of hydrogen-bond acceptors (Lipinski definition) is 16. The number of phenols is 1. The minimum Gasteiger partial charge on any atom is -0.502 e. The molecule has 1 aromatic heterocycles. The number of fused-ring (bicyclic) bond motifs is 5. The zero-order chi connectivity index (χ0) is 49.6. The molecule has 5 rings (SSSR count). The number of aromatic nitrogens is 1. The second-order valence-corrected chi connectivity index (χ2v) is 18.6. The molecule has 1 fully saturated rings. The molecule has 3 aliphatic rings. The molecule has 4 heterocycles. The summed E-state index contributed by atoms with van der Waals surface area (Å²) in [7, 11) is -2.50. The third-order valence-corrected chi connectivity index (χ3v) is 13.9. The minimum absolute atomic E-state index is 0.0754. The van der Waals surface area contributed by atoms with Gasteiger partial charge in [0.15, 0.2) is 17.3 Å². The zero-order valence-electron chi connectivity index (χ0n) is 36.8. The summed E-state index contributed by atoms with van der Waals surface area (Å²) in [5, 5.41) is 65.8. The maximum absolute atomic E-state index is 14.7. The van der Waals surface area contributed by atoms with Crippen LogP contribution in [-0.4, -0.2) is 161 Å². The van der Waals surface area contributed by atoms with Crippen molar-refractivity contribution < 1.29 is 72.7 Å². The summed E-state index contributed by atoms with van der Waals surface area (Å²) in [5.41, 5.74) is 4.48. The number of aliphatic hydroxyl groups excluding tert-OH is 3. The molecule has 1 aromatic carbocycles. The number of Topliss-reactive ketones (excluding diaryl/α,β-unsaturated/α-hetero) is 2. The molecule has 0 radical (unpaired) electrons. The van der Waals surface area contributed by atoms with Gasteiger partial charge in [0.1, 0.15) is 17.1 Å². The number of aromatic amines is 1. The maximum Gasteiger partial charge on any atom is 0.311 e. The number of rotatable bonds is 8. The molecule has 11 atom stereocenters. The van der Waals surface area contributed by atoms with Gasteiger partial charge in [0.2, 0.25) is 41.4 Å². The van der Waals surface area contributed by atoms with Gasteiger partial charge in [-0.15, -0.1) is 0 Å². The number of aliphatic hydroxyl groups is 3. The predicted octanol–water partition coefficient (Wildman–Crippen LogP) is -3.83. The van der Waals surface area contributed by atoms with Crippen LogP contribution in [0.2, 0.25) is 0 Å². The smallest absolute Gasteiger partial charge is 0.311 e. The number of H-pyrrole nitrogens is 1. The Hall–Kier alpha value is -6.38. The molecule has 0 aliphatic carbocycles. The number of carbonyl (C=O) groups is 9. The number of phenolic OH excluding ortho intramolecular Hbond substituents is 1. The van der Waals surface area contributed by atoms with Gasteiger partial charge in [-0.2, -0.15) is 0 Å². The highest BCUT2D eigenvalue weighted by molar-refractivity contribution is 7.85. The number of hydrogen-bond donors (Lipinski definition) is 11. The van der Waals surface area contributed by atoms with Gasteiger partial charge in [0.05, 0.1) is 76.9 Å². The van der Waals surface area contributed by atoms with Gasteiger partial charge in [0, 0.05) is 61.6 Å². The van der Waals surface area contributed by atoms with E-state index in [0.29, 0.717) is 6.42 Å². The average molecular weight is 962 g/mol. The molecule has 7 amide bonds. The largest absolute Gasteiger partial charge is 0.502 e. The van der Waals surface area contributed by atoms with Gasteiger partial charge in [-0.3, -0.25) is 57.5 Å². The number of aromatic hydroxyl groups is 1. The molecule has 12 N–H and O–H groups in total. The first-order valence-corrected chi connectivity index (χ1v) is 22.8. The summed E-state index contributed by atoms with van der Waals surface area (Å²) < 4.78 is 14.7. The summed E-state index contributed by atoms with van der Waals surface area (Å²) in [5.74, 6) is -15.7. The Kier molecular flexibility index (Phi) is 16.9. The van der Waals surface area contributed by atoms with Crippen LogP contribution < -0.4 is 32.3 Å². The number of nitrogens with zero attached hydrogens (tertiary/aromatic N) is 2. The lowest BCUT2D eigenvalue weighted by Crippen LogP contribution is -2.56. The number of ketones is 2. The minimum atomic E-state index is -2.50. The van der Waals surface area contributed by atoms with Crippen LogP contribution >= 0.6 is 0 Å². The molecule has 26 heteroatoms. The first-order valence-electron chi connectivity index (χ1n) is 21.5. The fraction of sp³-hybridized carbons (Fsp3) is 0.585. The molecule has 67 heavy (non-hydrogen) atoms. The molecule has 25 nitrogen and oxygen atoms in total. The van der Waals surface area contributed by atoms with Crippen molar-refractivity contribution >= 4 is 80.3 Å². The number of nitro benzene ring substituents is 1. The van der Waals surface area contributed by atoms with Crippen molar-refractivity contribution in [3.05, 3.63) is 27.8 Å². The SMILES string of the molecule is CC[C@H](C)[C@H]1NC(=O)CNC(=O)[C@H]2CC(=O)[C@H](C(C)[C@@H](O)CO)NC(=O)[C@@H]3C[C@@H](O)CN3C(=O)[C@H](CC(N)=O)CC(=O)[C@H](CS(=O)c3[nH]c4cc(O)c([N+](=O)[O-])cc4c3C2)NC(=O)CNC1=O. The van der Waals surface area contributed by atoms with Crippen LogP contribution in [0.25, 0.3) is 10.9 Å². The van der Waals surface area contributed by atoms with Crippen molar-refractivity contribution in [2.45, 2.75) is 101 Å². The van der Waals surface area contributed by atoms with E-state index in [-0.39, 0.29) is 21.5 Å². The summed E-state index contributed by atoms with van der Waals surface area (Å²) in [6.07, 6.45) is -6.25. The lowest BCUT2D eigenvalue weighted by atomic mass is 9.85. The molecule has 0 saturated carbocycles. The number of primary amides is 1. The van der Waals surface area contributed by atoms with Crippen LogP contribution in [-0.2, 0) is 60.4 Å². The van der Waals surface area contributed by atoms with Gasteiger partial charge in [0.25, 0.3) is 0 Å². The Balaban J connectivity index is 1.78. The fourth-order valence-electron chi connectivity index (χ4n) is 8.44. The van der Waals surface area contributed by atoms with E-state index in [1.54, 1.807) is 13.8 Å². The number of nitrogens with one attached hydrogen (secondary N) is 6. The molecule has 2 aromatic rings. The van der Waals surface area contributed by atoms with E-state index >= 15 is 0 Å². The highest BCUT2D eigenvalue weighted by atomic mass is 32.2. The van der Waals surface area contributed by atoms with Crippen molar-refractivity contribution in [3.8, 4) is 5.75 Å². The van der Waals surface area contributed by atoms with Crippen LogP contribution in [0.4, 0.5) is 5.69 Å². The second-order valence-electron chi connectivity index (χ2n) is 17.2. The van der Waals surface area contributed by atoms with Crippen LogP contribution in [0.1, 0.15) is 58.4 Å². The van der Waals surface area contributed by atoms with Crippen LogP contribution in [0.3, 0.4) is 0 Å². The van der Waals surface area contributed by atoms with Crippen LogP contribution in [0, 0.1) is 33.8 Å². The van der Waals surface area contributed by atoms with Gasteiger partial charge in [-0.1, -0.05) is 27.2 Å². The lowest BCUT2D eigenvalue weighted by molar-refractivity contribution is -0.385. The summed E-state index contributed by atoms with van der Waals surface area (Å²) in [4.78, 5) is 139. The van der Waals surface area contributed by atoms with Crippen molar-refractivity contribution in [3.63, 3.8) is 0 Å². The van der Waals surface area contributed by atoms with E-state index in [1.807, 2.05) is 0 Å². The Morgan fingerprint density at radius 3 is 2.22 bits per heavy atom. The van der Waals surface area contributed by atoms with Crippen LogP contribution in [0.5, 0.6) is 5.75 Å². The first kappa shape index (κ1) is 51.6. The van der Waals surface area contributed by atoms with Gasteiger partial charge < -0.3 is 62.6 Å². The molecule has 0 spiro atoms. The maximum atomic E-state index is 14.7. The number of amides is 7. The summed E-state index contributed by atoms with van der Waals surface area (Å²) >= 11 is 0. The van der Waals surface area contributed by atoms with Crippen LogP contribution in [0.15, 0.2) is 17.2 Å². The average Bonchev–Trinajstić information content (AvgIpc) is 3.84. The zero-order valence-corrected chi connectivity index (χ0v) is 37.6. The Labute approximate surface area is 384 Å². The molecular weight excluding hydrogens is 907 g/mol. The Bertz CT molecular complexity index is 2360.